The van der Waals surface area contributed by atoms with Crippen molar-refractivity contribution in [1.29, 1.82) is 0 Å². The number of benzene rings is 2. The van der Waals surface area contributed by atoms with E-state index in [-0.39, 0.29) is 11.3 Å². The van der Waals surface area contributed by atoms with Crippen molar-refractivity contribution < 1.29 is 4.79 Å². The predicted molar refractivity (Wildman–Crippen MR) is 135 cm³/mol. The Labute approximate surface area is 198 Å². The van der Waals surface area contributed by atoms with Crippen LogP contribution in [0.4, 0.5) is 0 Å². The van der Waals surface area contributed by atoms with Crippen LogP contribution in [0.5, 0.6) is 0 Å². The van der Waals surface area contributed by atoms with Crippen molar-refractivity contribution in [2.75, 3.05) is 26.7 Å². The number of amides is 1. The Morgan fingerprint density at radius 2 is 1.76 bits per heavy atom. The summed E-state index contributed by atoms with van der Waals surface area (Å²) in [6.07, 6.45) is 7.36. The summed E-state index contributed by atoms with van der Waals surface area (Å²) in [7, 11) is 1.77. The minimum absolute atomic E-state index is 0.167. The lowest BCUT2D eigenvalue weighted by Gasteiger charge is -2.41. The van der Waals surface area contributed by atoms with Crippen LogP contribution < -0.4 is 5.32 Å². The standard InChI is InChI=1S/C29H35N3O/c1-23(24-9-4-3-5-10-24)14-18-32-19-15-29(16-20-32,28(33)30-2)21-25-11-6-7-13-27(25)26-12-8-17-31-22-26/h3-13,17,22-23H,14-16,18-21H2,1-2H3,(H,30,33)/t23-/m1/s1. The number of likely N-dealkylation sites (tertiary alicyclic amines) is 1. The van der Waals surface area contributed by atoms with E-state index >= 15 is 0 Å². The Balaban J connectivity index is 1.44. The first kappa shape index (κ1) is 23.2. The molecule has 1 aliphatic rings. The normalized spacial score (nSPS) is 16.8. The zero-order valence-electron chi connectivity index (χ0n) is 19.8. The van der Waals surface area contributed by atoms with E-state index in [1.54, 1.807) is 13.2 Å². The highest BCUT2D eigenvalue weighted by Crippen LogP contribution is 2.38. The molecule has 1 N–H and O–H groups in total. The van der Waals surface area contributed by atoms with E-state index in [1.807, 2.05) is 12.3 Å². The van der Waals surface area contributed by atoms with Gasteiger partial charge in [0.15, 0.2) is 0 Å². The van der Waals surface area contributed by atoms with Gasteiger partial charge in [0, 0.05) is 25.0 Å². The van der Waals surface area contributed by atoms with Crippen LogP contribution in [0, 0.1) is 5.41 Å². The van der Waals surface area contributed by atoms with Gasteiger partial charge in [0.2, 0.25) is 5.91 Å². The molecule has 1 aromatic heterocycles. The van der Waals surface area contributed by atoms with E-state index in [0.29, 0.717) is 5.92 Å². The number of rotatable bonds is 8. The van der Waals surface area contributed by atoms with Gasteiger partial charge in [0.25, 0.3) is 0 Å². The molecule has 1 aliphatic heterocycles. The summed E-state index contributed by atoms with van der Waals surface area (Å²) in [5.74, 6) is 0.712. The molecular weight excluding hydrogens is 406 g/mol. The van der Waals surface area contributed by atoms with Crippen LogP contribution >= 0.6 is 0 Å². The van der Waals surface area contributed by atoms with Crippen molar-refractivity contribution >= 4 is 5.91 Å². The summed E-state index contributed by atoms with van der Waals surface area (Å²) < 4.78 is 0. The molecule has 0 unspecified atom stereocenters. The first-order valence-corrected chi connectivity index (χ1v) is 12.1. The number of nitrogens with one attached hydrogen (secondary N) is 1. The molecule has 0 aliphatic carbocycles. The van der Waals surface area contributed by atoms with Crippen LogP contribution in [-0.2, 0) is 11.2 Å². The van der Waals surface area contributed by atoms with Gasteiger partial charge >= 0.3 is 0 Å². The van der Waals surface area contributed by atoms with Gasteiger partial charge < -0.3 is 10.2 Å². The van der Waals surface area contributed by atoms with E-state index in [0.717, 1.165) is 50.9 Å². The minimum Gasteiger partial charge on any atom is -0.359 e. The first-order chi connectivity index (χ1) is 16.1. The van der Waals surface area contributed by atoms with E-state index in [4.69, 9.17) is 0 Å². The second kappa shape index (κ2) is 10.8. The van der Waals surface area contributed by atoms with Crippen LogP contribution in [0.25, 0.3) is 11.1 Å². The lowest BCUT2D eigenvalue weighted by Crippen LogP contribution is -2.49. The Morgan fingerprint density at radius 1 is 1.03 bits per heavy atom. The fraction of sp³-hybridized carbons (Fsp3) is 0.379. The molecule has 4 nitrogen and oxygen atoms in total. The van der Waals surface area contributed by atoms with Crippen molar-refractivity contribution in [2.24, 2.45) is 5.41 Å². The van der Waals surface area contributed by atoms with Gasteiger partial charge in [-0.05, 0) is 74.0 Å². The summed E-state index contributed by atoms with van der Waals surface area (Å²) in [6, 6.07) is 23.3. The smallest absolute Gasteiger partial charge is 0.226 e. The molecule has 0 radical (unpaired) electrons. The van der Waals surface area contributed by atoms with Crippen molar-refractivity contribution in [3.8, 4) is 11.1 Å². The van der Waals surface area contributed by atoms with Gasteiger partial charge in [0.1, 0.15) is 0 Å². The number of piperidine rings is 1. The van der Waals surface area contributed by atoms with Crippen molar-refractivity contribution in [1.82, 2.24) is 15.2 Å². The van der Waals surface area contributed by atoms with Crippen LogP contribution in [0.2, 0.25) is 0 Å². The van der Waals surface area contributed by atoms with E-state index in [9.17, 15) is 4.79 Å². The molecule has 4 heteroatoms. The van der Waals surface area contributed by atoms with Crippen LogP contribution in [0.15, 0.2) is 79.1 Å². The highest BCUT2D eigenvalue weighted by atomic mass is 16.2. The van der Waals surface area contributed by atoms with Gasteiger partial charge in [-0.3, -0.25) is 9.78 Å². The number of carbonyl (C=O) groups is 1. The fourth-order valence-electron chi connectivity index (χ4n) is 5.12. The lowest BCUT2D eigenvalue weighted by atomic mass is 9.72. The summed E-state index contributed by atoms with van der Waals surface area (Å²) in [5.41, 5.74) is 4.54. The molecule has 1 amide bonds. The topological polar surface area (TPSA) is 45.2 Å². The van der Waals surface area contributed by atoms with Crippen molar-refractivity contribution in [3.05, 3.63) is 90.3 Å². The second-order valence-corrected chi connectivity index (χ2v) is 9.38. The van der Waals surface area contributed by atoms with Gasteiger partial charge in [-0.15, -0.1) is 0 Å². The largest absolute Gasteiger partial charge is 0.359 e. The molecule has 0 spiro atoms. The van der Waals surface area contributed by atoms with E-state index in [2.05, 4.69) is 82.8 Å². The number of pyridine rings is 1. The van der Waals surface area contributed by atoms with Crippen molar-refractivity contribution in [2.45, 2.75) is 38.5 Å². The Hall–Kier alpha value is -2.98. The van der Waals surface area contributed by atoms with Crippen LogP contribution in [-0.4, -0.2) is 42.5 Å². The van der Waals surface area contributed by atoms with Gasteiger partial charge in [-0.1, -0.05) is 67.6 Å². The van der Waals surface area contributed by atoms with Gasteiger partial charge in [-0.25, -0.2) is 0 Å². The molecule has 172 valence electrons. The maximum absolute atomic E-state index is 13.2. The quantitative estimate of drug-likeness (QED) is 0.515. The summed E-state index contributed by atoms with van der Waals surface area (Å²) in [6.45, 7) is 5.31. The molecule has 1 fully saturated rings. The zero-order valence-corrected chi connectivity index (χ0v) is 19.8. The van der Waals surface area contributed by atoms with Crippen molar-refractivity contribution in [3.63, 3.8) is 0 Å². The number of hydrogen-bond donors (Lipinski definition) is 1. The summed E-state index contributed by atoms with van der Waals surface area (Å²) in [5, 5.41) is 2.97. The number of hydrogen-bond acceptors (Lipinski definition) is 3. The molecule has 1 saturated heterocycles. The third-order valence-corrected chi connectivity index (χ3v) is 7.29. The lowest BCUT2D eigenvalue weighted by molar-refractivity contribution is -0.133. The maximum Gasteiger partial charge on any atom is 0.226 e. The van der Waals surface area contributed by atoms with E-state index in [1.165, 1.54) is 16.7 Å². The molecule has 0 saturated carbocycles. The predicted octanol–water partition coefficient (Wildman–Crippen LogP) is 5.31. The second-order valence-electron chi connectivity index (χ2n) is 9.38. The molecular formula is C29H35N3O. The Bertz CT molecular complexity index is 1030. The first-order valence-electron chi connectivity index (χ1n) is 12.1. The molecule has 1 atom stereocenters. The number of nitrogens with zero attached hydrogens (tertiary/aromatic N) is 2. The highest BCUT2D eigenvalue weighted by Gasteiger charge is 2.41. The molecule has 4 rings (SSSR count). The summed E-state index contributed by atoms with van der Waals surface area (Å²) in [4.78, 5) is 20.0. The fourth-order valence-corrected chi connectivity index (χ4v) is 5.12. The minimum atomic E-state index is -0.366. The van der Waals surface area contributed by atoms with E-state index < -0.39 is 0 Å². The molecule has 2 heterocycles. The third kappa shape index (κ3) is 5.51. The highest BCUT2D eigenvalue weighted by molar-refractivity contribution is 5.83. The number of aromatic nitrogens is 1. The van der Waals surface area contributed by atoms with Gasteiger partial charge in [0.05, 0.1) is 5.41 Å². The van der Waals surface area contributed by atoms with Gasteiger partial charge in [-0.2, -0.15) is 0 Å². The molecule has 3 aromatic rings. The van der Waals surface area contributed by atoms with Crippen LogP contribution in [0.3, 0.4) is 0 Å². The number of carbonyl (C=O) groups excluding carboxylic acids is 1. The zero-order chi connectivity index (χ0) is 23.1. The molecule has 2 aromatic carbocycles. The Morgan fingerprint density at radius 3 is 2.45 bits per heavy atom. The SMILES string of the molecule is CNC(=O)C1(Cc2ccccc2-c2cccnc2)CCN(CC[C@@H](C)c2ccccc2)CC1. The summed E-state index contributed by atoms with van der Waals surface area (Å²) >= 11 is 0. The monoisotopic (exact) mass is 441 g/mol. The van der Waals surface area contributed by atoms with Crippen LogP contribution in [0.1, 0.15) is 43.2 Å². The maximum atomic E-state index is 13.2. The Kier molecular flexibility index (Phi) is 7.56. The molecule has 33 heavy (non-hydrogen) atoms. The average Bonchev–Trinajstić information content (AvgIpc) is 2.89. The third-order valence-electron chi connectivity index (χ3n) is 7.29. The molecule has 0 bridgehead atoms. The average molecular weight is 442 g/mol.